The van der Waals surface area contributed by atoms with Crippen LogP contribution in [-0.4, -0.2) is 76.9 Å². The average molecular weight is 787 g/mol. The summed E-state index contributed by atoms with van der Waals surface area (Å²) in [7, 11) is -4.66. The number of hydrogen-bond acceptors (Lipinski definition) is 10. The fourth-order valence-corrected chi connectivity index (χ4v) is 6.08. The van der Waals surface area contributed by atoms with Gasteiger partial charge in [-0.2, -0.15) is 0 Å². The molecule has 0 amide bonds. The van der Waals surface area contributed by atoms with Gasteiger partial charge in [0.15, 0.2) is 6.10 Å². The van der Waals surface area contributed by atoms with Gasteiger partial charge in [0.1, 0.15) is 12.7 Å². The molecule has 0 aromatic heterocycles. The van der Waals surface area contributed by atoms with Crippen molar-refractivity contribution < 1.29 is 52.9 Å². The van der Waals surface area contributed by atoms with E-state index in [1.807, 2.05) is 12.2 Å². The van der Waals surface area contributed by atoms with Crippen LogP contribution in [0, 0.1) is 0 Å². The standard InChI is InChI=1S/C42H75O11P/c1-3-5-7-9-11-13-15-17-19-21-23-25-27-30-38(44)31-29-33-41(46)50-36-40(37-52-54(48,49)51-35-39(45)34-43)53-42(47)32-28-26-24-22-20-18-16-14-12-10-8-6-4-2/h14,16-17,19,23,25,27,30,38-40,43-45H,3-13,15,18,20-22,24,26,28-29,31-37H2,1-2H3,(H,48,49)/b16-14-,19-17+,25-23+,30-27+/t38?,39-,40+/m0/s1. The van der Waals surface area contributed by atoms with Crippen LogP contribution >= 0.6 is 7.82 Å². The van der Waals surface area contributed by atoms with E-state index in [1.165, 1.54) is 64.2 Å². The predicted octanol–water partition coefficient (Wildman–Crippen LogP) is 9.53. The van der Waals surface area contributed by atoms with E-state index in [9.17, 15) is 29.3 Å². The van der Waals surface area contributed by atoms with E-state index in [1.54, 1.807) is 12.2 Å². The quantitative estimate of drug-likeness (QED) is 0.0155. The summed E-state index contributed by atoms with van der Waals surface area (Å²) < 4.78 is 32.5. The maximum Gasteiger partial charge on any atom is 0.472 e. The van der Waals surface area contributed by atoms with Gasteiger partial charge in [-0.05, 0) is 64.2 Å². The molecule has 0 saturated heterocycles. The van der Waals surface area contributed by atoms with Crippen molar-refractivity contribution >= 4 is 19.8 Å². The second-order valence-electron chi connectivity index (χ2n) is 13.9. The highest BCUT2D eigenvalue weighted by atomic mass is 31.2. The third kappa shape index (κ3) is 36.8. The van der Waals surface area contributed by atoms with Crippen LogP contribution in [0.4, 0.5) is 0 Å². The first-order chi connectivity index (χ1) is 26.1. The number of aliphatic hydroxyl groups excluding tert-OH is 3. The molecule has 2 unspecified atom stereocenters. The first kappa shape index (κ1) is 51.9. The first-order valence-corrected chi connectivity index (χ1v) is 22.2. The van der Waals surface area contributed by atoms with E-state index < -0.39 is 64.5 Å². The Labute approximate surface area is 326 Å². The number of allylic oxidation sites excluding steroid dienone is 7. The topological polar surface area (TPSA) is 169 Å². The summed E-state index contributed by atoms with van der Waals surface area (Å²) in [5.41, 5.74) is 0. The zero-order valence-corrected chi connectivity index (χ0v) is 34.4. The molecule has 4 N–H and O–H groups in total. The van der Waals surface area contributed by atoms with Gasteiger partial charge < -0.3 is 29.7 Å². The van der Waals surface area contributed by atoms with Crippen LogP contribution in [0.25, 0.3) is 0 Å². The number of aliphatic hydroxyl groups is 3. The Morgan fingerprint density at radius 2 is 1.17 bits per heavy atom. The molecule has 0 fully saturated rings. The molecule has 4 atom stereocenters. The summed E-state index contributed by atoms with van der Waals surface area (Å²) in [4.78, 5) is 34.9. The SMILES string of the molecule is CCCCCC/C=C\CCCCCCCC(=O)O[C@H](COC(=O)CCCC(O)/C=C/C=C/C/C=C/CCCCCCCC)COP(=O)(O)OC[C@@H](O)CO. The Bertz CT molecular complexity index is 1060. The second-order valence-corrected chi connectivity index (χ2v) is 15.3. The second kappa shape index (κ2) is 37.8. The van der Waals surface area contributed by atoms with E-state index in [4.69, 9.17) is 19.1 Å². The van der Waals surface area contributed by atoms with Crippen LogP contribution in [0.5, 0.6) is 0 Å². The number of carbonyl (C=O) groups excluding carboxylic acids is 2. The van der Waals surface area contributed by atoms with E-state index in [0.717, 1.165) is 51.4 Å². The van der Waals surface area contributed by atoms with Crippen LogP contribution in [0.3, 0.4) is 0 Å². The lowest BCUT2D eigenvalue weighted by Gasteiger charge is -2.20. The molecule has 0 saturated carbocycles. The number of rotatable bonds is 38. The highest BCUT2D eigenvalue weighted by Gasteiger charge is 2.27. The molecule has 12 heteroatoms. The molecule has 0 spiro atoms. The Kier molecular flexibility index (Phi) is 36.3. The minimum atomic E-state index is -4.66. The average Bonchev–Trinajstić information content (AvgIpc) is 3.15. The van der Waals surface area contributed by atoms with Crippen molar-refractivity contribution in [3.63, 3.8) is 0 Å². The third-order valence-corrected chi connectivity index (χ3v) is 9.51. The lowest BCUT2D eigenvalue weighted by Crippen LogP contribution is -2.30. The van der Waals surface area contributed by atoms with Gasteiger partial charge in [0.05, 0.1) is 25.9 Å². The maximum atomic E-state index is 12.6. The normalized spacial score (nSPS) is 15.0. The van der Waals surface area contributed by atoms with Gasteiger partial charge in [0, 0.05) is 12.8 Å². The Hall–Kier alpha value is -2.11. The Morgan fingerprint density at radius 1 is 0.630 bits per heavy atom. The van der Waals surface area contributed by atoms with Crippen LogP contribution in [0.2, 0.25) is 0 Å². The monoisotopic (exact) mass is 787 g/mol. The van der Waals surface area contributed by atoms with Crippen molar-refractivity contribution in [2.75, 3.05) is 26.4 Å². The number of phosphoric acid groups is 1. The highest BCUT2D eigenvalue weighted by Crippen LogP contribution is 2.43. The van der Waals surface area contributed by atoms with Crippen molar-refractivity contribution in [2.24, 2.45) is 0 Å². The molecule has 0 aromatic carbocycles. The van der Waals surface area contributed by atoms with Crippen molar-refractivity contribution in [1.29, 1.82) is 0 Å². The number of ether oxygens (including phenoxy) is 2. The van der Waals surface area contributed by atoms with Gasteiger partial charge in [-0.3, -0.25) is 18.6 Å². The van der Waals surface area contributed by atoms with Gasteiger partial charge in [-0.15, -0.1) is 0 Å². The fraction of sp³-hybridized carbons (Fsp3) is 0.762. The molecule has 0 aliphatic heterocycles. The summed E-state index contributed by atoms with van der Waals surface area (Å²) in [6, 6.07) is 0. The Morgan fingerprint density at radius 3 is 1.80 bits per heavy atom. The van der Waals surface area contributed by atoms with Crippen LogP contribution in [0.1, 0.15) is 162 Å². The van der Waals surface area contributed by atoms with Crippen LogP contribution < -0.4 is 0 Å². The minimum Gasteiger partial charge on any atom is -0.462 e. The molecular formula is C42H75O11P. The highest BCUT2D eigenvalue weighted by molar-refractivity contribution is 7.47. The third-order valence-electron chi connectivity index (χ3n) is 8.56. The number of unbranched alkanes of at least 4 members (excludes halogenated alkanes) is 15. The van der Waals surface area contributed by atoms with Gasteiger partial charge in [-0.25, -0.2) is 4.57 Å². The van der Waals surface area contributed by atoms with E-state index >= 15 is 0 Å². The zero-order valence-electron chi connectivity index (χ0n) is 33.5. The van der Waals surface area contributed by atoms with Gasteiger partial charge >= 0.3 is 19.8 Å². The fourth-order valence-electron chi connectivity index (χ4n) is 5.29. The molecule has 0 aromatic rings. The largest absolute Gasteiger partial charge is 0.472 e. The number of carbonyl (C=O) groups is 2. The lowest BCUT2D eigenvalue weighted by molar-refractivity contribution is -0.161. The van der Waals surface area contributed by atoms with Gasteiger partial charge in [0.2, 0.25) is 0 Å². The Balaban J connectivity index is 4.53. The van der Waals surface area contributed by atoms with Crippen molar-refractivity contribution in [3.05, 3.63) is 48.6 Å². The molecular weight excluding hydrogens is 711 g/mol. The van der Waals surface area contributed by atoms with E-state index in [-0.39, 0.29) is 12.8 Å². The maximum absolute atomic E-state index is 12.6. The molecule has 0 aliphatic rings. The zero-order chi connectivity index (χ0) is 40.0. The molecule has 0 radical (unpaired) electrons. The van der Waals surface area contributed by atoms with Crippen LogP contribution in [-0.2, 0) is 32.7 Å². The molecule has 0 heterocycles. The summed E-state index contributed by atoms with van der Waals surface area (Å²) in [5.74, 6) is -1.14. The van der Waals surface area contributed by atoms with Crippen LogP contribution in [0.15, 0.2) is 48.6 Å². The number of phosphoric ester groups is 1. The summed E-state index contributed by atoms with van der Waals surface area (Å²) in [6.07, 6.45) is 35.4. The molecule has 11 nitrogen and oxygen atoms in total. The van der Waals surface area contributed by atoms with Crippen molar-refractivity contribution in [3.8, 4) is 0 Å². The summed E-state index contributed by atoms with van der Waals surface area (Å²) in [5, 5.41) is 28.5. The van der Waals surface area contributed by atoms with E-state index in [0.29, 0.717) is 19.3 Å². The molecule has 314 valence electrons. The summed E-state index contributed by atoms with van der Waals surface area (Å²) in [6.45, 7) is 2.12. The van der Waals surface area contributed by atoms with Gasteiger partial charge in [-0.1, -0.05) is 133 Å². The molecule has 0 aliphatic carbocycles. The molecule has 0 bridgehead atoms. The molecule has 0 rings (SSSR count). The van der Waals surface area contributed by atoms with Crippen molar-refractivity contribution in [1.82, 2.24) is 0 Å². The van der Waals surface area contributed by atoms with Gasteiger partial charge in [0.25, 0.3) is 0 Å². The molecule has 54 heavy (non-hydrogen) atoms. The minimum absolute atomic E-state index is 0.0149. The predicted molar refractivity (Wildman–Crippen MR) is 216 cm³/mol. The van der Waals surface area contributed by atoms with E-state index in [2.05, 4.69) is 42.7 Å². The summed E-state index contributed by atoms with van der Waals surface area (Å²) >= 11 is 0. The number of hydrogen-bond donors (Lipinski definition) is 4. The van der Waals surface area contributed by atoms with Crippen molar-refractivity contribution in [2.45, 2.75) is 180 Å². The lowest BCUT2D eigenvalue weighted by atomic mass is 10.1. The number of esters is 2. The first-order valence-electron chi connectivity index (χ1n) is 20.7. The smallest absolute Gasteiger partial charge is 0.462 e.